The number of nitrogens with zero attached hydrogens (tertiary/aromatic N) is 3. The Labute approximate surface area is 348 Å². The second-order valence-electron chi connectivity index (χ2n) is 17.6. The lowest BCUT2D eigenvalue weighted by Gasteiger charge is -2.63. The van der Waals surface area contributed by atoms with Crippen molar-refractivity contribution in [3.05, 3.63) is 69.9 Å². The predicted molar refractivity (Wildman–Crippen MR) is 219 cm³/mol. The first-order valence-corrected chi connectivity index (χ1v) is 21.1. The molecular formula is C44H52Cl2N4O8. The van der Waals surface area contributed by atoms with Gasteiger partial charge in [0, 0.05) is 89.4 Å². The van der Waals surface area contributed by atoms with Crippen LogP contribution in [0.5, 0.6) is 5.75 Å². The highest BCUT2D eigenvalue weighted by atomic mass is 35.5. The highest BCUT2D eigenvalue weighted by Crippen LogP contribution is 2.69. The minimum absolute atomic E-state index is 0.0686. The molecule has 2 saturated heterocycles. The molecule has 310 valence electrons. The number of nitrogens with one attached hydrogen (secondary N) is 1. The van der Waals surface area contributed by atoms with Gasteiger partial charge < -0.3 is 33.9 Å². The van der Waals surface area contributed by atoms with Crippen molar-refractivity contribution in [3.63, 3.8) is 0 Å². The first-order valence-electron chi connectivity index (χ1n) is 20.3. The van der Waals surface area contributed by atoms with E-state index in [0.717, 1.165) is 39.8 Å². The number of esters is 3. The molecule has 1 aliphatic carbocycles. The van der Waals surface area contributed by atoms with Crippen LogP contribution in [0, 0.1) is 17.3 Å². The average Bonchev–Trinajstić information content (AvgIpc) is 3.85. The van der Waals surface area contributed by atoms with Gasteiger partial charge in [-0.05, 0) is 67.3 Å². The number of rotatable bonds is 6. The summed E-state index contributed by atoms with van der Waals surface area (Å²) in [6, 6.07) is 10.8. The molecule has 1 spiro atoms. The maximum Gasteiger partial charge on any atom is 0.344 e. The Hall–Kier alpha value is -3.81. The molecule has 4 unspecified atom stereocenters. The number of aromatic nitrogens is 1. The van der Waals surface area contributed by atoms with Crippen molar-refractivity contribution >= 4 is 57.7 Å². The minimum Gasteiger partial charge on any atom is -0.496 e. The van der Waals surface area contributed by atoms with E-state index < -0.39 is 51.9 Å². The number of methoxy groups -OCH3 is 3. The number of hydrogen-bond acceptors (Lipinski definition) is 11. The molecule has 9 rings (SSSR count). The SMILES string of the molecule is CC[C@]12C=C(Cl)CN3CC[C@@]4(c5cc([C@@]6(C(=O)OC)CC7CC(C)C(Cl)N(Cc8c6[nH]c6ccccc86)C7)c(OC)cc5N(C)[C@H]4[C@@](O)(C(=O)OC)[C@@H]1OC(C)=O)[C@H]32. The maximum atomic E-state index is 15.2. The van der Waals surface area contributed by atoms with Gasteiger partial charge in [-0.15, -0.1) is 11.6 Å². The van der Waals surface area contributed by atoms with Gasteiger partial charge in [0.2, 0.25) is 5.60 Å². The zero-order valence-electron chi connectivity index (χ0n) is 34.1. The van der Waals surface area contributed by atoms with Crippen molar-refractivity contribution in [2.45, 2.75) is 93.1 Å². The molecule has 6 aliphatic rings. The Kier molecular flexibility index (Phi) is 9.30. The van der Waals surface area contributed by atoms with Crippen LogP contribution in [0.3, 0.4) is 0 Å². The number of fused-ring (bicyclic) bond motifs is 6. The smallest absolute Gasteiger partial charge is 0.344 e. The fourth-order valence-corrected chi connectivity index (χ4v) is 13.7. The first-order chi connectivity index (χ1) is 27.7. The molecule has 1 aromatic heterocycles. The van der Waals surface area contributed by atoms with Gasteiger partial charge in [-0.25, -0.2) is 4.79 Å². The summed E-state index contributed by atoms with van der Waals surface area (Å²) in [7, 11) is 6.13. The zero-order valence-corrected chi connectivity index (χ0v) is 35.6. The molecule has 5 aliphatic heterocycles. The molecule has 3 fully saturated rings. The molecule has 2 N–H and O–H groups in total. The Morgan fingerprint density at radius 3 is 2.45 bits per heavy atom. The minimum atomic E-state index is -2.35. The van der Waals surface area contributed by atoms with E-state index in [1.807, 2.05) is 49.2 Å². The fraction of sp³-hybridized carbons (Fsp3) is 0.568. The highest BCUT2D eigenvalue weighted by molar-refractivity contribution is 6.30. The van der Waals surface area contributed by atoms with Crippen LogP contribution < -0.4 is 9.64 Å². The van der Waals surface area contributed by atoms with E-state index >= 15 is 4.79 Å². The van der Waals surface area contributed by atoms with Crippen LogP contribution >= 0.6 is 23.2 Å². The summed E-state index contributed by atoms with van der Waals surface area (Å²) < 4.78 is 23.8. The number of piperidine rings is 1. The van der Waals surface area contributed by atoms with Crippen LogP contribution in [0.4, 0.5) is 5.69 Å². The number of hydrogen-bond donors (Lipinski definition) is 2. The molecule has 6 heterocycles. The number of aliphatic hydroxyl groups is 1. The van der Waals surface area contributed by atoms with Gasteiger partial charge in [0.25, 0.3) is 0 Å². The highest BCUT2D eigenvalue weighted by Gasteiger charge is 2.80. The molecule has 11 atom stereocenters. The summed E-state index contributed by atoms with van der Waals surface area (Å²) in [6.45, 7) is 7.71. The third-order valence-corrected chi connectivity index (χ3v) is 15.9. The number of carbonyl (C=O) groups excluding carboxylic acids is 3. The quantitative estimate of drug-likeness (QED) is 0.140. The van der Waals surface area contributed by atoms with E-state index in [0.29, 0.717) is 61.8 Å². The largest absolute Gasteiger partial charge is 0.496 e. The number of alkyl halides is 1. The molecule has 1 saturated carbocycles. The lowest BCUT2D eigenvalue weighted by molar-refractivity contribution is -0.228. The molecule has 3 aromatic rings. The van der Waals surface area contributed by atoms with Gasteiger partial charge in [-0.1, -0.05) is 49.7 Å². The molecule has 14 heteroatoms. The number of halogens is 2. The number of H-pyrrole nitrogens is 1. The van der Waals surface area contributed by atoms with Gasteiger partial charge in [0.05, 0.1) is 32.9 Å². The Morgan fingerprint density at radius 2 is 1.76 bits per heavy atom. The summed E-state index contributed by atoms with van der Waals surface area (Å²) in [5.74, 6) is -1.26. The number of likely N-dealkylation sites (N-methyl/N-ethyl adjacent to an activating group) is 1. The number of para-hydroxylation sites is 1. The van der Waals surface area contributed by atoms with Gasteiger partial charge >= 0.3 is 17.9 Å². The molecule has 0 radical (unpaired) electrons. The second kappa shape index (κ2) is 13.6. The van der Waals surface area contributed by atoms with Crippen LogP contribution in [-0.2, 0) is 46.0 Å². The van der Waals surface area contributed by atoms with Crippen LogP contribution in [0.1, 0.15) is 68.8 Å². The van der Waals surface area contributed by atoms with Crippen molar-refractivity contribution in [1.29, 1.82) is 0 Å². The van der Waals surface area contributed by atoms with Crippen LogP contribution in [0.15, 0.2) is 47.5 Å². The third kappa shape index (κ3) is 4.95. The lowest BCUT2D eigenvalue weighted by atomic mass is 9.47. The van der Waals surface area contributed by atoms with Crippen LogP contribution in [-0.4, -0.2) is 115 Å². The predicted octanol–water partition coefficient (Wildman–Crippen LogP) is 5.57. The Balaban J connectivity index is 1.37. The monoisotopic (exact) mass is 834 g/mol. The van der Waals surface area contributed by atoms with E-state index in [1.165, 1.54) is 21.1 Å². The summed E-state index contributed by atoms with van der Waals surface area (Å²) in [5.41, 5.74) is -1.10. The van der Waals surface area contributed by atoms with E-state index in [1.54, 1.807) is 7.11 Å². The van der Waals surface area contributed by atoms with Gasteiger partial charge in [-0.2, -0.15) is 0 Å². The number of carbonyl (C=O) groups is 3. The third-order valence-electron chi connectivity index (χ3n) is 14.9. The van der Waals surface area contributed by atoms with Crippen molar-refractivity contribution < 1.29 is 38.4 Å². The van der Waals surface area contributed by atoms with E-state index in [-0.39, 0.29) is 23.4 Å². The van der Waals surface area contributed by atoms with Gasteiger partial charge in [0.1, 0.15) is 11.2 Å². The van der Waals surface area contributed by atoms with Crippen molar-refractivity contribution in [2.75, 3.05) is 52.9 Å². The van der Waals surface area contributed by atoms with Crippen LogP contribution in [0.2, 0.25) is 0 Å². The van der Waals surface area contributed by atoms with E-state index in [4.69, 9.17) is 42.1 Å². The molecular weight excluding hydrogens is 783 g/mol. The summed E-state index contributed by atoms with van der Waals surface area (Å²) in [6.07, 6.45) is 2.72. The second-order valence-corrected chi connectivity index (χ2v) is 18.5. The van der Waals surface area contributed by atoms with Crippen molar-refractivity contribution in [2.24, 2.45) is 17.3 Å². The van der Waals surface area contributed by atoms with E-state index in [9.17, 15) is 14.7 Å². The molecule has 2 bridgehead atoms. The van der Waals surface area contributed by atoms with E-state index in [2.05, 4.69) is 33.8 Å². The Bertz CT molecular complexity index is 2260. The Morgan fingerprint density at radius 1 is 1.02 bits per heavy atom. The normalized spacial score (nSPS) is 37.4. The maximum absolute atomic E-state index is 15.2. The number of anilines is 1. The molecule has 0 amide bonds. The summed E-state index contributed by atoms with van der Waals surface area (Å²) >= 11 is 14.1. The fourth-order valence-electron chi connectivity index (χ4n) is 13.1. The first kappa shape index (κ1) is 39.6. The average molecular weight is 836 g/mol. The van der Waals surface area contributed by atoms with Gasteiger partial charge in [-0.3, -0.25) is 19.4 Å². The summed E-state index contributed by atoms with van der Waals surface area (Å²) in [4.78, 5) is 52.9. The topological polar surface area (TPSA) is 134 Å². The molecule has 12 nitrogen and oxygen atoms in total. The molecule has 58 heavy (non-hydrogen) atoms. The standard InChI is InChI=1S/C44H52Cl2N4O8/c1-8-41-19-26(45)21-49-14-13-42(36(41)49)29-16-30(33(55-5)17-32(29)48(4)37(42)44(54,40(53)57-7)38(41)58-24(3)51)43(39(52)56-6)18-25-15-23(2)35(46)50(20-25)22-28-27-11-9-10-12-31(27)47-34(28)43/h9-12,16-17,19,23,25,35-38,47,54H,8,13-15,18,20-22H2,1-7H3/t23?,25?,35?,36-,37-,38-,41-,42-,43+,44+/m1/s1. The number of aromatic amines is 1. The lowest BCUT2D eigenvalue weighted by Crippen LogP contribution is -2.81. The molecule has 2 aromatic carbocycles. The van der Waals surface area contributed by atoms with Crippen molar-refractivity contribution in [3.8, 4) is 5.75 Å². The van der Waals surface area contributed by atoms with Crippen LogP contribution in [0.25, 0.3) is 10.9 Å². The zero-order chi connectivity index (χ0) is 41.3. The number of ether oxygens (including phenoxy) is 4. The number of benzene rings is 2. The van der Waals surface area contributed by atoms with Gasteiger partial charge in [0.15, 0.2) is 6.10 Å². The summed E-state index contributed by atoms with van der Waals surface area (Å²) in [5, 5.41) is 14.9. The van der Waals surface area contributed by atoms with Crippen molar-refractivity contribution in [1.82, 2.24) is 14.8 Å².